The number of nitrogens with one attached hydrogen (secondary N) is 1. The van der Waals surface area contributed by atoms with Gasteiger partial charge in [0.2, 0.25) is 11.2 Å². The van der Waals surface area contributed by atoms with Gasteiger partial charge < -0.3 is 15.7 Å². The number of para-hydroxylation sites is 2. The predicted molar refractivity (Wildman–Crippen MR) is 424 cm³/mol. The van der Waals surface area contributed by atoms with Gasteiger partial charge in [0.1, 0.15) is 11.3 Å². The maximum absolute atomic E-state index is 12.6. The minimum Gasteiger partial charge on any atom is -0.872 e. The summed E-state index contributed by atoms with van der Waals surface area (Å²) < 4.78 is 0. The molecular formula is C96H61Li2N4O3+. The van der Waals surface area contributed by atoms with Crippen LogP contribution in [0.3, 0.4) is 0 Å². The van der Waals surface area contributed by atoms with Crippen molar-refractivity contribution in [2.24, 2.45) is 0 Å². The van der Waals surface area contributed by atoms with E-state index in [1.165, 1.54) is 98.0 Å². The average molecular weight is 1330 g/mol. The minimum absolute atomic E-state index is 0. The van der Waals surface area contributed by atoms with Crippen LogP contribution in [-0.4, -0.2) is 25.5 Å². The van der Waals surface area contributed by atoms with Crippen molar-refractivity contribution in [2.75, 3.05) is 0 Å². The summed E-state index contributed by atoms with van der Waals surface area (Å²) >= 11 is 0. The van der Waals surface area contributed by atoms with Crippen LogP contribution in [0.15, 0.2) is 352 Å². The molecule has 20 aromatic rings. The summed E-state index contributed by atoms with van der Waals surface area (Å²) in [6, 6.07) is 123. The van der Waals surface area contributed by atoms with Gasteiger partial charge in [-0.2, -0.15) is 0 Å². The third-order valence-corrected chi connectivity index (χ3v) is 20.4. The molecule has 0 spiro atoms. The van der Waals surface area contributed by atoms with Crippen LogP contribution in [0.1, 0.15) is 0 Å². The summed E-state index contributed by atoms with van der Waals surface area (Å²) in [6.07, 6.45) is 0. The first-order valence-corrected chi connectivity index (χ1v) is 34.5. The number of rotatable bonds is 8. The second-order valence-electron chi connectivity index (χ2n) is 26.2. The molecule has 0 saturated heterocycles. The normalized spacial score (nSPS) is 11.3. The molecule has 0 radical (unpaired) electrons. The number of benzene rings is 16. The number of aromatic hydroxyl groups is 1. The van der Waals surface area contributed by atoms with Gasteiger partial charge in [0.25, 0.3) is 0 Å². The van der Waals surface area contributed by atoms with Crippen molar-refractivity contribution in [3.63, 3.8) is 0 Å². The fourth-order valence-electron chi connectivity index (χ4n) is 15.6. The molecule has 0 aliphatic heterocycles. The van der Waals surface area contributed by atoms with Crippen molar-refractivity contribution in [1.82, 2.24) is 15.0 Å². The van der Waals surface area contributed by atoms with Crippen LogP contribution in [0, 0.1) is 0 Å². The fraction of sp³-hybridized carbons (Fsp3) is 0. The van der Waals surface area contributed by atoms with Crippen LogP contribution in [-0.2, 0) is 0 Å². The Balaban J connectivity index is 0.000000157. The maximum Gasteiger partial charge on any atom is 1.00 e. The number of phenols is 1. The Morgan fingerprint density at radius 2 is 0.552 bits per heavy atom. The smallest absolute Gasteiger partial charge is 0.872 e. The van der Waals surface area contributed by atoms with Crippen molar-refractivity contribution < 1.29 is 58.4 Å². The zero-order valence-corrected chi connectivity index (χ0v) is 57.6. The number of phenolic OH excluding ortho intramolecular Hbond substituents is 1. The first kappa shape index (κ1) is 67.0. The molecule has 484 valence electrons. The van der Waals surface area contributed by atoms with Crippen molar-refractivity contribution in [1.29, 1.82) is 0 Å². The number of hydrogen-bond acceptors (Lipinski definition) is 6. The molecule has 0 fully saturated rings. The van der Waals surface area contributed by atoms with Gasteiger partial charge in [0.15, 0.2) is 0 Å². The largest absolute Gasteiger partial charge is 1.00 e. The summed E-state index contributed by atoms with van der Waals surface area (Å²) in [5, 5.41) is 42.1. The van der Waals surface area contributed by atoms with E-state index >= 15 is 0 Å². The molecule has 20 rings (SSSR count). The van der Waals surface area contributed by atoms with Gasteiger partial charge in [-0.15, -0.1) is 0 Å². The number of fused-ring (bicyclic) bond motifs is 12. The molecule has 4 aromatic heterocycles. The molecule has 0 bridgehead atoms. The Labute approximate surface area is 629 Å². The molecule has 9 heteroatoms. The summed E-state index contributed by atoms with van der Waals surface area (Å²) in [6.45, 7) is 0. The Morgan fingerprint density at radius 1 is 0.238 bits per heavy atom. The zero-order chi connectivity index (χ0) is 67.8. The minimum atomic E-state index is -0.00849. The molecule has 7 nitrogen and oxygen atoms in total. The molecule has 0 amide bonds. The number of aromatic nitrogens is 4. The number of pyridine rings is 4. The molecule has 0 aliphatic rings. The first-order chi connectivity index (χ1) is 50.4. The van der Waals surface area contributed by atoms with Crippen molar-refractivity contribution in [2.45, 2.75) is 0 Å². The van der Waals surface area contributed by atoms with E-state index in [0.717, 1.165) is 88.6 Å². The van der Waals surface area contributed by atoms with E-state index in [-0.39, 0.29) is 54.7 Å². The van der Waals surface area contributed by atoms with E-state index in [4.69, 9.17) is 15.0 Å². The Morgan fingerprint density at radius 3 is 1.01 bits per heavy atom. The van der Waals surface area contributed by atoms with Gasteiger partial charge in [-0.1, -0.05) is 303 Å². The molecule has 0 unspecified atom stereocenters. The van der Waals surface area contributed by atoms with E-state index < -0.39 is 0 Å². The molecular weight excluding hydrogens is 1270 g/mol. The Bertz CT molecular complexity index is 6270. The van der Waals surface area contributed by atoms with Crippen LogP contribution in [0.25, 0.3) is 198 Å². The van der Waals surface area contributed by atoms with E-state index in [0.29, 0.717) is 11.1 Å². The number of aromatic amines is 1. The molecule has 4 heterocycles. The summed E-state index contributed by atoms with van der Waals surface area (Å²) in [4.78, 5) is 18.9. The number of H-pyrrole nitrogens is 1. The SMILES string of the molecule is Oc1ccccc1-c1ccc2ccc3ccc(-c4ccc(-c5c6ccccc6c(-c6cccc7ccccc67)c6ccccc56)cc4)nc3c2n1.[Li+].[Li+].[O-]c1ccccc1-c1ccc2ccc3ccc(-c4ccc(-c5c6ccccc6c(-c6cccc7ccccc67)c6ccccc56)cc4)nc3c2[nH+]1.[OH-]. The standard InChI is InChI=1S/2C48H30N2O.2Li.H2O/c2*51-44-19-8-7-17-41(44)43-29-27-34-25-24-33-26-28-42(49-47(33)48(34)50-43)31-20-22-32(23-21-31)45-37-13-3-5-15-39(37)46(40-16-6-4-14-38(40)45)36-18-9-11-30-10-1-2-12-35(30)36;;;/h2*1-29,51H;;;1H2/q;;2*+1;/p-1. The van der Waals surface area contributed by atoms with Crippen molar-refractivity contribution in [3.05, 3.63) is 352 Å². The monoisotopic (exact) mass is 1330 g/mol. The van der Waals surface area contributed by atoms with E-state index in [9.17, 15) is 10.2 Å². The van der Waals surface area contributed by atoms with Gasteiger partial charge in [-0.25, -0.2) is 19.9 Å². The van der Waals surface area contributed by atoms with Gasteiger partial charge in [-0.3, -0.25) is 0 Å². The van der Waals surface area contributed by atoms with Gasteiger partial charge >= 0.3 is 37.7 Å². The summed E-state index contributed by atoms with van der Waals surface area (Å²) in [7, 11) is 0. The van der Waals surface area contributed by atoms with Crippen LogP contribution in [0.2, 0.25) is 0 Å². The third-order valence-electron chi connectivity index (χ3n) is 20.4. The predicted octanol–water partition coefficient (Wildman–Crippen LogP) is 17.9. The molecule has 3 N–H and O–H groups in total. The van der Waals surface area contributed by atoms with Crippen LogP contribution in [0.4, 0.5) is 0 Å². The van der Waals surface area contributed by atoms with Crippen LogP contribution < -0.4 is 47.8 Å². The summed E-state index contributed by atoms with van der Waals surface area (Å²) in [5.41, 5.74) is 20.0. The average Bonchev–Trinajstić information content (AvgIpc) is 0.726. The number of hydrogen-bond donors (Lipinski definition) is 1. The molecule has 0 aliphatic carbocycles. The van der Waals surface area contributed by atoms with E-state index in [2.05, 4.69) is 290 Å². The van der Waals surface area contributed by atoms with E-state index in [1.54, 1.807) is 18.2 Å². The topological polar surface area (TPSA) is 126 Å². The number of nitrogens with zero attached hydrogens (tertiary/aromatic N) is 3. The molecule has 0 atom stereocenters. The first-order valence-electron chi connectivity index (χ1n) is 34.5. The summed E-state index contributed by atoms with van der Waals surface area (Å²) in [5.74, 6) is 0.202. The van der Waals surface area contributed by atoms with E-state index in [1.807, 2.05) is 48.5 Å². The fourth-order valence-corrected chi connectivity index (χ4v) is 15.6. The van der Waals surface area contributed by atoms with Gasteiger partial charge in [-0.05, 0) is 158 Å². The third kappa shape index (κ3) is 11.8. The second kappa shape index (κ2) is 28.0. The second-order valence-corrected chi connectivity index (χ2v) is 26.2. The Hall–Kier alpha value is -12.5. The van der Waals surface area contributed by atoms with Crippen LogP contribution >= 0.6 is 0 Å². The maximum atomic E-state index is 12.6. The van der Waals surface area contributed by atoms with Crippen molar-refractivity contribution >= 4 is 108 Å². The molecule has 0 saturated carbocycles. The van der Waals surface area contributed by atoms with Crippen LogP contribution in [0.5, 0.6) is 11.5 Å². The Kier molecular flexibility index (Phi) is 17.9. The van der Waals surface area contributed by atoms with Gasteiger partial charge in [0.05, 0.1) is 28.1 Å². The molecule has 16 aromatic carbocycles. The quantitative estimate of drug-likeness (QED) is 0.0917. The van der Waals surface area contributed by atoms with Gasteiger partial charge in [0, 0.05) is 49.9 Å². The molecule has 105 heavy (non-hydrogen) atoms. The zero-order valence-electron chi connectivity index (χ0n) is 57.6. The van der Waals surface area contributed by atoms with Crippen molar-refractivity contribution in [3.8, 4) is 101 Å².